The summed E-state index contributed by atoms with van der Waals surface area (Å²) in [7, 11) is 0. The van der Waals surface area contributed by atoms with E-state index in [2.05, 4.69) is 32.3 Å². The maximum absolute atomic E-state index is 4.69. The van der Waals surface area contributed by atoms with Crippen LogP contribution in [0.25, 0.3) is 0 Å². The summed E-state index contributed by atoms with van der Waals surface area (Å²) in [6, 6.07) is 1.05. The first kappa shape index (κ1) is 13.2. The molecule has 1 rings (SSSR count). The van der Waals surface area contributed by atoms with Crippen molar-refractivity contribution in [2.45, 2.75) is 39.3 Å². The maximum Gasteiger partial charge on any atom is 0.157 e. The smallest absolute Gasteiger partial charge is 0.157 e. The number of aliphatic imine (C=N–C) groups is 1. The molecule has 0 bridgehead atoms. The SMILES string of the molecule is CCC(CSC)NC1=NC(C)C(C)CS1. The Hall–Kier alpha value is 0.170. The van der Waals surface area contributed by atoms with Gasteiger partial charge in [0.05, 0.1) is 6.04 Å². The first-order chi connectivity index (χ1) is 7.17. The second-order valence-electron chi connectivity index (χ2n) is 4.17. The molecule has 1 N–H and O–H groups in total. The van der Waals surface area contributed by atoms with Crippen LogP contribution in [0.2, 0.25) is 0 Å². The van der Waals surface area contributed by atoms with Crippen molar-refractivity contribution in [1.82, 2.24) is 5.32 Å². The van der Waals surface area contributed by atoms with Crippen LogP contribution in [0.5, 0.6) is 0 Å². The van der Waals surface area contributed by atoms with E-state index in [1.54, 1.807) is 0 Å². The number of amidine groups is 1. The summed E-state index contributed by atoms with van der Waals surface area (Å²) in [6.07, 6.45) is 3.33. The molecule has 0 spiro atoms. The van der Waals surface area contributed by atoms with Crippen molar-refractivity contribution in [1.29, 1.82) is 0 Å². The van der Waals surface area contributed by atoms with E-state index in [1.807, 2.05) is 23.5 Å². The summed E-state index contributed by atoms with van der Waals surface area (Å²) in [5.41, 5.74) is 0. The lowest BCUT2D eigenvalue weighted by Crippen LogP contribution is -2.38. The van der Waals surface area contributed by atoms with E-state index in [1.165, 1.54) is 17.9 Å². The summed E-state index contributed by atoms with van der Waals surface area (Å²) in [5, 5.41) is 4.70. The Balaban J connectivity index is 2.46. The van der Waals surface area contributed by atoms with Gasteiger partial charge in [0.25, 0.3) is 0 Å². The van der Waals surface area contributed by atoms with Crippen molar-refractivity contribution in [2.24, 2.45) is 10.9 Å². The lowest BCUT2D eigenvalue weighted by molar-refractivity contribution is 0.531. The van der Waals surface area contributed by atoms with Gasteiger partial charge in [-0.2, -0.15) is 11.8 Å². The predicted molar refractivity (Wildman–Crippen MR) is 74.1 cm³/mol. The zero-order chi connectivity index (χ0) is 11.3. The number of nitrogens with zero attached hydrogens (tertiary/aromatic N) is 1. The average Bonchev–Trinajstić information content (AvgIpc) is 2.23. The number of thioether (sulfide) groups is 2. The Morgan fingerprint density at radius 1 is 1.60 bits per heavy atom. The molecule has 1 heterocycles. The number of nitrogens with one attached hydrogen (secondary N) is 1. The third-order valence-corrected chi connectivity index (χ3v) is 4.74. The van der Waals surface area contributed by atoms with Crippen molar-refractivity contribution < 1.29 is 0 Å². The Labute approximate surface area is 102 Å². The van der Waals surface area contributed by atoms with Gasteiger partial charge in [0.1, 0.15) is 0 Å². The maximum atomic E-state index is 4.69. The third-order valence-electron chi connectivity index (χ3n) is 2.82. The molecule has 0 aromatic heterocycles. The van der Waals surface area contributed by atoms with Crippen LogP contribution in [0, 0.1) is 5.92 Å². The van der Waals surface area contributed by atoms with Crippen molar-refractivity contribution in [3.63, 3.8) is 0 Å². The fourth-order valence-electron chi connectivity index (χ4n) is 1.42. The molecule has 0 amide bonds. The standard InChI is InChI=1S/C11H22N2S2/c1-5-10(7-14-4)13-11-12-9(3)8(2)6-15-11/h8-10H,5-7H2,1-4H3,(H,12,13). The molecule has 15 heavy (non-hydrogen) atoms. The van der Waals surface area contributed by atoms with E-state index < -0.39 is 0 Å². The van der Waals surface area contributed by atoms with Crippen molar-refractivity contribution in [3.05, 3.63) is 0 Å². The molecule has 1 aliphatic rings. The Kier molecular flexibility index (Phi) is 5.90. The van der Waals surface area contributed by atoms with Gasteiger partial charge in [-0.15, -0.1) is 0 Å². The van der Waals surface area contributed by atoms with Crippen LogP contribution in [0.15, 0.2) is 4.99 Å². The predicted octanol–water partition coefficient (Wildman–Crippen LogP) is 2.85. The molecule has 0 aromatic rings. The topological polar surface area (TPSA) is 24.4 Å². The van der Waals surface area contributed by atoms with Crippen LogP contribution >= 0.6 is 23.5 Å². The van der Waals surface area contributed by atoms with E-state index in [9.17, 15) is 0 Å². The molecule has 0 saturated carbocycles. The van der Waals surface area contributed by atoms with Crippen molar-refractivity contribution >= 4 is 28.7 Å². The van der Waals surface area contributed by atoms with Crippen LogP contribution in [0.1, 0.15) is 27.2 Å². The molecular formula is C11H22N2S2. The fraction of sp³-hybridized carbons (Fsp3) is 0.909. The summed E-state index contributed by atoms with van der Waals surface area (Å²) in [4.78, 5) is 4.69. The van der Waals surface area contributed by atoms with Gasteiger partial charge in [-0.05, 0) is 25.5 Å². The second kappa shape index (κ2) is 6.69. The average molecular weight is 246 g/mol. The number of hydrogen-bond donors (Lipinski definition) is 1. The van der Waals surface area contributed by atoms with Crippen LogP contribution in [-0.4, -0.2) is 35.0 Å². The monoisotopic (exact) mass is 246 g/mol. The highest BCUT2D eigenvalue weighted by molar-refractivity contribution is 8.13. The number of hydrogen-bond acceptors (Lipinski definition) is 4. The molecule has 88 valence electrons. The summed E-state index contributed by atoms with van der Waals surface area (Å²) < 4.78 is 0. The molecule has 0 radical (unpaired) electrons. The van der Waals surface area contributed by atoms with Crippen LogP contribution < -0.4 is 5.32 Å². The minimum absolute atomic E-state index is 0.473. The quantitative estimate of drug-likeness (QED) is 0.825. The van der Waals surface area contributed by atoms with Gasteiger partial charge >= 0.3 is 0 Å². The molecule has 1 aliphatic heterocycles. The summed E-state index contributed by atoms with van der Waals surface area (Å²) in [6.45, 7) is 6.72. The largest absolute Gasteiger partial charge is 0.361 e. The molecule has 0 aromatic carbocycles. The molecule has 0 aliphatic carbocycles. The lowest BCUT2D eigenvalue weighted by atomic mass is 10.1. The highest BCUT2D eigenvalue weighted by Crippen LogP contribution is 2.22. The zero-order valence-corrected chi connectivity index (χ0v) is 11.8. The van der Waals surface area contributed by atoms with Gasteiger partial charge in [-0.3, -0.25) is 4.99 Å². The first-order valence-corrected chi connectivity index (χ1v) is 8.01. The summed E-state index contributed by atoms with van der Waals surface area (Å²) in [5.74, 6) is 3.07. The minimum atomic E-state index is 0.473. The van der Waals surface area contributed by atoms with Gasteiger partial charge in [0, 0.05) is 17.5 Å². The fourth-order valence-corrected chi connectivity index (χ4v) is 3.33. The van der Waals surface area contributed by atoms with E-state index in [0.29, 0.717) is 18.0 Å². The molecular weight excluding hydrogens is 224 g/mol. The lowest BCUT2D eigenvalue weighted by Gasteiger charge is -2.26. The van der Waals surface area contributed by atoms with Gasteiger partial charge in [0.15, 0.2) is 5.17 Å². The highest BCUT2D eigenvalue weighted by atomic mass is 32.2. The van der Waals surface area contributed by atoms with E-state index >= 15 is 0 Å². The van der Waals surface area contributed by atoms with Gasteiger partial charge in [0.2, 0.25) is 0 Å². The molecule has 0 fully saturated rings. The molecule has 2 nitrogen and oxygen atoms in total. The van der Waals surface area contributed by atoms with Crippen molar-refractivity contribution in [2.75, 3.05) is 17.8 Å². The third kappa shape index (κ3) is 4.27. The summed E-state index contributed by atoms with van der Waals surface area (Å²) >= 11 is 3.77. The molecule has 3 unspecified atom stereocenters. The van der Waals surface area contributed by atoms with Gasteiger partial charge < -0.3 is 5.32 Å². The van der Waals surface area contributed by atoms with E-state index in [0.717, 1.165) is 5.17 Å². The normalized spacial score (nSPS) is 28.4. The molecule has 3 atom stereocenters. The second-order valence-corrected chi connectivity index (χ2v) is 6.09. The van der Waals surface area contributed by atoms with Crippen LogP contribution in [0.4, 0.5) is 0 Å². The van der Waals surface area contributed by atoms with Gasteiger partial charge in [-0.1, -0.05) is 25.6 Å². The minimum Gasteiger partial charge on any atom is -0.361 e. The Bertz CT molecular complexity index is 219. The van der Waals surface area contributed by atoms with E-state index in [4.69, 9.17) is 4.99 Å². The van der Waals surface area contributed by atoms with Crippen molar-refractivity contribution in [3.8, 4) is 0 Å². The van der Waals surface area contributed by atoms with Crippen LogP contribution in [0.3, 0.4) is 0 Å². The zero-order valence-electron chi connectivity index (χ0n) is 10.1. The first-order valence-electron chi connectivity index (χ1n) is 5.63. The molecule has 4 heteroatoms. The van der Waals surface area contributed by atoms with Gasteiger partial charge in [-0.25, -0.2) is 0 Å². The highest BCUT2D eigenvalue weighted by Gasteiger charge is 2.20. The Morgan fingerprint density at radius 2 is 2.33 bits per heavy atom. The molecule has 0 saturated heterocycles. The van der Waals surface area contributed by atoms with Crippen LogP contribution in [-0.2, 0) is 0 Å². The van der Waals surface area contributed by atoms with E-state index in [-0.39, 0.29) is 0 Å². The Morgan fingerprint density at radius 3 is 2.87 bits per heavy atom. The number of rotatable bonds is 4.